The van der Waals surface area contributed by atoms with Gasteiger partial charge < -0.3 is 5.32 Å². The lowest BCUT2D eigenvalue weighted by molar-refractivity contribution is 0.662. The molecule has 120 valence electrons. The Morgan fingerprint density at radius 1 is 1.09 bits per heavy atom. The van der Waals surface area contributed by atoms with Crippen LogP contribution in [0.25, 0.3) is 0 Å². The smallest absolute Gasteiger partial charge is 0.0411 e. The van der Waals surface area contributed by atoms with Crippen molar-refractivity contribution in [3.8, 4) is 0 Å². The molecule has 1 nitrogen and oxygen atoms in total. The van der Waals surface area contributed by atoms with E-state index in [0.29, 0.717) is 5.25 Å². The Hall–Kier alpha value is -0.890. The predicted molar refractivity (Wildman–Crippen MR) is 100 cm³/mol. The summed E-state index contributed by atoms with van der Waals surface area (Å²) < 4.78 is 0. The molecule has 0 fully saturated rings. The lowest BCUT2D eigenvalue weighted by Crippen LogP contribution is -2.15. The van der Waals surface area contributed by atoms with Crippen molar-refractivity contribution in [3.05, 3.63) is 40.5 Å². The first kappa shape index (κ1) is 16.0. The van der Waals surface area contributed by atoms with Crippen LogP contribution < -0.4 is 5.32 Å². The second-order valence-electron chi connectivity index (χ2n) is 7.24. The SMILES string of the molecule is CC(C)C/C=C\C(S)CNc1c2c(cc3c1CCC3)CCC2. The molecule has 0 saturated heterocycles. The number of benzene rings is 1. The van der Waals surface area contributed by atoms with Crippen LogP contribution in [0.15, 0.2) is 18.2 Å². The summed E-state index contributed by atoms with van der Waals surface area (Å²) in [5, 5.41) is 4.05. The van der Waals surface area contributed by atoms with Crippen LogP contribution in [0.2, 0.25) is 0 Å². The van der Waals surface area contributed by atoms with Crippen molar-refractivity contribution in [1.29, 1.82) is 0 Å². The van der Waals surface area contributed by atoms with Crippen molar-refractivity contribution in [3.63, 3.8) is 0 Å². The molecule has 3 rings (SSSR count). The molecule has 0 aromatic heterocycles. The molecule has 0 saturated carbocycles. The second kappa shape index (κ2) is 7.12. The summed E-state index contributed by atoms with van der Waals surface area (Å²) in [6.45, 7) is 5.44. The maximum Gasteiger partial charge on any atom is 0.0411 e. The van der Waals surface area contributed by atoms with Crippen LogP contribution in [0.1, 0.15) is 55.4 Å². The molecule has 0 spiro atoms. The fourth-order valence-electron chi connectivity index (χ4n) is 3.81. The zero-order chi connectivity index (χ0) is 15.5. The molecule has 2 aliphatic carbocycles. The van der Waals surface area contributed by atoms with Gasteiger partial charge in [0.15, 0.2) is 0 Å². The lowest BCUT2D eigenvalue weighted by atomic mass is 9.98. The monoisotopic (exact) mass is 315 g/mol. The van der Waals surface area contributed by atoms with Crippen molar-refractivity contribution < 1.29 is 0 Å². The number of hydrogen-bond donors (Lipinski definition) is 2. The van der Waals surface area contributed by atoms with E-state index in [-0.39, 0.29) is 0 Å². The van der Waals surface area contributed by atoms with Crippen molar-refractivity contribution >= 4 is 18.3 Å². The van der Waals surface area contributed by atoms with Crippen LogP contribution in [0.3, 0.4) is 0 Å². The molecule has 1 N–H and O–H groups in total. The summed E-state index contributed by atoms with van der Waals surface area (Å²) in [5.74, 6) is 0.727. The molecule has 22 heavy (non-hydrogen) atoms. The van der Waals surface area contributed by atoms with Gasteiger partial charge in [-0.25, -0.2) is 0 Å². The Morgan fingerprint density at radius 3 is 2.32 bits per heavy atom. The van der Waals surface area contributed by atoms with Gasteiger partial charge in [0.2, 0.25) is 0 Å². The summed E-state index contributed by atoms with van der Waals surface area (Å²) in [5.41, 5.74) is 7.89. The minimum absolute atomic E-state index is 0.299. The van der Waals surface area contributed by atoms with Crippen LogP contribution in [-0.4, -0.2) is 11.8 Å². The van der Waals surface area contributed by atoms with Gasteiger partial charge in [0, 0.05) is 17.5 Å². The van der Waals surface area contributed by atoms with Gasteiger partial charge in [-0.3, -0.25) is 0 Å². The number of aryl methyl sites for hydroxylation is 2. The van der Waals surface area contributed by atoms with E-state index in [2.05, 4.69) is 37.4 Å². The van der Waals surface area contributed by atoms with E-state index in [1.807, 2.05) is 0 Å². The van der Waals surface area contributed by atoms with E-state index < -0.39 is 0 Å². The van der Waals surface area contributed by atoms with Gasteiger partial charge in [0.25, 0.3) is 0 Å². The number of anilines is 1. The molecule has 1 unspecified atom stereocenters. The Morgan fingerprint density at radius 2 is 1.73 bits per heavy atom. The molecule has 2 aliphatic rings. The zero-order valence-electron chi connectivity index (χ0n) is 14.0. The Balaban J connectivity index is 1.69. The minimum atomic E-state index is 0.299. The van der Waals surface area contributed by atoms with Crippen LogP contribution in [0, 0.1) is 5.92 Å². The minimum Gasteiger partial charge on any atom is -0.383 e. The second-order valence-corrected chi connectivity index (χ2v) is 7.90. The Labute approximate surface area is 141 Å². The fraction of sp³-hybridized carbons (Fsp3) is 0.600. The predicted octanol–water partition coefficient (Wildman–Crippen LogP) is 4.98. The third-order valence-electron chi connectivity index (χ3n) is 4.93. The van der Waals surface area contributed by atoms with Crippen molar-refractivity contribution in [1.82, 2.24) is 0 Å². The van der Waals surface area contributed by atoms with E-state index in [9.17, 15) is 0 Å². The van der Waals surface area contributed by atoms with Crippen molar-refractivity contribution in [2.45, 2.75) is 64.0 Å². The molecule has 0 aliphatic heterocycles. The normalized spacial score (nSPS) is 18.0. The standard InChI is InChI=1S/C20H29NS/c1-14(2)6-3-9-17(22)13-21-20-18-10-4-7-15(18)12-16-8-5-11-19(16)20/h3,9,12,14,17,21-22H,4-8,10-11,13H2,1-2H3/b9-3-. The first-order chi connectivity index (χ1) is 10.6. The molecule has 1 atom stereocenters. The first-order valence-corrected chi connectivity index (χ1v) is 9.42. The van der Waals surface area contributed by atoms with Gasteiger partial charge in [-0.1, -0.05) is 32.1 Å². The molecule has 0 radical (unpaired) electrons. The molecular weight excluding hydrogens is 286 g/mol. The summed E-state index contributed by atoms with van der Waals surface area (Å²) in [6.07, 6.45) is 13.4. The molecule has 1 aromatic rings. The van der Waals surface area contributed by atoms with Gasteiger partial charge in [0.05, 0.1) is 0 Å². The van der Waals surface area contributed by atoms with Crippen LogP contribution in [-0.2, 0) is 25.7 Å². The first-order valence-electron chi connectivity index (χ1n) is 8.90. The lowest BCUT2D eigenvalue weighted by Gasteiger charge is -2.18. The number of allylic oxidation sites excluding steroid dienone is 1. The average molecular weight is 316 g/mol. The Kier molecular flexibility index (Phi) is 5.18. The quantitative estimate of drug-likeness (QED) is 0.557. The highest BCUT2D eigenvalue weighted by Gasteiger charge is 2.23. The van der Waals surface area contributed by atoms with Crippen LogP contribution in [0.5, 0.6) is 0 Å². The van der Waals surface area contributed by atoms with E-state index in [0.717, 1.165) is 18.9 Å². The molecule has 2 heteroatoms. The Bertz CT molecular complexity index is 527. The zero-order valence-corrected chi connectivity index (χ0v) is 14.9. The van der Waals surface area contributed by atoms with Crippen molar-refractivity contribution in [2.75, 3.05) is 11.9 Å². The highest BCUT2D eigenvalue weighted by atomic mass is 32.1. The maximum atomic E-state index is 4.72. The largest absolute Gasteiger partial charge is 0.383 e. The number of fused-ring (bicyclic) bond motifs is 2. The van der Waals surface area contributed by atoms with Crippen LogP contribution in [0.4, 0.5) is 5.69 Å². The van der Waals surface area contributed by atoms with Crippen LogP contribution >= 0.6 is 12.6 Å². The number of hydrogen-bond acceptors (Lipinski definition) is 2. The highest BCUT2D eigenvalue weighted by molar-refractivity contribution is 7.81. The van der Waals surface area contributed by atoms with E-state index in [1.54, 1.807) is 22.3 Å². The summed E-state index contributed by atoms with van der Waals surface area (Å²) in [6, 6.07) is 2.50. The van der Waals surface area contributed by atoms with Gasteiger partial charge in [-0.15, -0.1) is 0 Å². The molecule has 0 amide bonds. The van der Waals surface area contributed by atoms with E-state index in [4.69, 9.17) is 12.6 Å². The molecule has 0 bridgehead atoms. The summed E-state index contributed by atoms with van der Waals surface area (Å²) >= 11 is 4.72. The molecule has 1 aromatic carbocycles. The average Bonchev–Trinajstić information content (AvgIpc) is 3.11. The van der Waals surface area contributed by atoms with E-state index in [1.165, 1.54) is 44.2 Å². The van der Waals surface area contributed by atoms with Gasteiger partial charge >= 0.3 is 0 Å². The maximum absolute atomic E-state index is 4.72. The summed E-state index contributed by atoms with van der Waals surface area (Å²) in [7, 11) is 0. The number of thiol groups is 1. The van der Waals surface area contributed by atoms with E-state index >= 15 is 0 Å². The third kappa shape index (κ3) is 3.53. The fourth-order valence-corrected chi connectivity index (χ4v) is 4.03. The topological polar surface area (TPSA) is 12.0 Å². The van der Waals surface area contributed by atoms with Gasteiger partial charge in [-0.05, 0) is 73.1 Å². The molecular formula is C20H29NS. The van der Waals surface area contributed by atoms with Gasteiger partial charge in [-0.2, -0.15) is 12.6 Å². The summed E-state index contributed by atoms with van der Waals surface area (Å²) in [4.78, 5) is 0. The molecule has 0 heterocycles. The number of nitrogens with one attached hydrogen (secondary N) is 1. The third-order valence-corrected chi connectivity index (χ3v) is 5.28. The number of rotatable bonds is 6. The van der Waals surface area contributed by atoms with Crippen molar-refractivity contribution in [2.24, 2.45) is 5.92 Å². The van der Waals surface area contributed by atoms with Gasteiger partial charge in [0.1, 0.15) is 0 Å². The highest BCUT2D eigenvalue weighted by Crippen LogP contribution is 2.38.